The van der Waals surface area contributed by atoms with Crippen LogP contribution < -0.4 is 5.32 Å². The standard InChI is InChI=1S/C9H12F2N2O/c1-6-4-12-3-2-7(6)13-5-8(14)9(10)11/h2-4,8-9,14H,5H2,1H3,(H,12,13). The third-order valence-corrected chi connectivity index (χ3v) is 1.81. The topological polar surface area (TPSA) is 45.2 Å². The molecule has 1 aromatic rings. The van der Waals surface area contributed by atoms with Crippen molar-refractivity contribution in [2.45, 2.75) is 19.5 Å². The lowest BCUT2D eigenvalue weighted by molar-refractivity contribution is 0.00384. The smallest absolute Gasteiger partial charge is 0.265 e. The highest BCUT2D eigenvalue weighted by Crippen LogP contribution is 2.12. The lowest BCUT2D eigenvalue weighted by atomic mass is 10.2. The highest BCUT2D eigenvalue weighted by molar-refractivity contribution is 5.48. The highest BCUT2D eigenvalue weighted by Gasteiger charge is 2.16. The molecule has 0 amide bonds. The van der Waals surface area contributed by atoms with Crippen molar-refractivity contribution in [1.29, 1.82) is 0 Å². The van der Waals surface area contributed by atoms with Crippen molar-refractivity contribution >= 4 is 5.69 Å². The second kappa shape index (κ2) is 4.85. The molecule has 1 aromatic heterocycles. The summed E-state index contributed by atoms with van der Waals surface area (Å²) in [5.74, 6) is 0. The molecule has 1 unspecified atom stereocenters. The fourth-order valence-electron chi connectivity index (χ4n) is 0.975. The van der Waals surface area contributed by atoms with E-state index in [1.807, 2.05) is 6.92 Å². The monoisotopic (exact) mass is 202 g/mol. The number of anilines is 1. The number of hydrogen-bond donors (Lipinski definition) is 2. The van der Waals surface area contributed by atoms with E-state index < -0.39 is 12.5 Å². The van der Waals surface area contributed by atoms with E-state index in [9.17, 15) is 8.78 Å². The van der Waals surface area contributed by atoms with Crippen LogP contribution in [-0.4, -0.2) is 29.2 Å². The van der Waals surface area contributed by atoms with E-state index in [0.29, 0.717) is 5.69 Å². The van der Waals surface area contributed by atoms with Gasteiger partial charge in [0.05, 0.1) is 0 Å². The van der Waals surface area contributed by atoms with E-state index in [2.05, 4.69) is 10.3 Å². The molecule has 14 heavy (non-hydrogen) atoms. The van der Waals surface area contributed by atoms with Crippen LogP contribution in [0.2, 0.25) is 0 Å². The molecule has 1 heterocycles. The van der Waals surface area contributed by atoms with Gasteiger partial charge in [0.2, 0.25) is 0 Å². The van der Waals surface area contributed by atoms with Crippen molar-refractivity contribution in [2.75, 3.05) is 11.9 Å². The largest absolute Gasteiger partial charge is 0.385 e. The Hall–Kier alpha value is -1.23. The van der Waals surface area contributed by atoms with Gasteiger partial charge in [-0.2, -0.15) is 0 Å². The summed E-state index contributed by atoms with van der Waals surface area (Å²) in [5, 5.41) is 11.6. The van der Waals surface area contributed by atoms with E-state index in [1.54, 1.807) is 18.5 Å². The van der Waals surface area contributed by atoms with Gasteiger partial charge in [0, 0.05) is 24.6 Å². The first-order chi connectivity index (χ1) is 6.61. The number of nitrogens with one attached hydrogen (secondary N) is 1. The number of aromatic nitrogens is 1. The summed E-state index contributed by atoms with van der Waals surface area (Å²) < 4.78 is 23.9. The molecule has 0 aliphatic heterocycles. The molecule has 5 heteroatoms. The molecule has 1 rings (SSSR count). The van der Waals surface area contributed by atoms with Gasteiger partial charge < -0.3 is 10.4 Å². The lowest BCUT2D eigenvalue weighted by Crippen LogP contribution is -2.26. The molecule has 1 atom stereocenters. The number of alkyl halides is 2. The molecule has 78 valence electrons. The second-order valence-corrected chi connectivity index (χ2v) is 2.97. The number of pyridine rings is 1. The Morgan fingerprint density at radius 1 is 1.57 bits per heavy atom. The van der Waals surface area contributed by atoms with Crippen LogP contribution in [0.1, 0.15) is 5.56 Å². The van der Waals surface area contributed by atoms with Crippen molar-refractivity contribution in [2.24, 2.45) is 0 Å². The van der Waals surface area contributed by atoms with Gasteiger partial charge in [-0.15, -0.1) is 0 Å². The van der Waals surface area contributed by atoms with Crippen LogP contribution in [0.5, 0.6) is 0 Å². The van der Waals surface area contributed by atoms with E-state index in [0.717, 1.165) is 5.56 Å². The Bertz CT molecular complexity index is 294. The minimum atomic E-state index is -2.72. The number of aryl methyl sites for hydroxylation is 1. The summed E-state index contributed by atoms with van der Waals surface area (Å²) in [7, 11) is 0. The fourth-order valence-corrected chi connectivity index (χ4v) is 0.975. The van der Waals surface area contributed by atoms with Crippen LogP contribution in [0.4, 0.5) is 14.5 Å². The third kappa shape index (κ3) is 2.92. The number of halogens is 2. The van der Waals surface area contributed by atoms with Crippen molar-refractivity contribution in [3.8, 4) is 0 Å². The Labute approximate surface area is 80.8 Å². The Balaban J connectivity index is 2.50. The van der Waals surface area contributed by atoms with Crippen LogP contribution in [-0.2, 0) is 0 Å². The zero-order chi connectivity index (χ0) is 10.6. The number of rotatable bonds is 4. The highest BCUT2D eigenvalue weighted by atomic mass is 19.3. The normalized spacial score (nSPS) is 12.9. The van der Waals surface area contributed by atoms with E-state index in [-0.39, 0.29) is 6.54 Å². The van der Waals surface area contributed by atoms with Gasteiger partial charge in [-0.1, -0.05) is 0 Å². The average molecular weight is 202 g/mol. The number of aliphatic hydroxyl groups excluding tert-OH is 1. The quantitative estimate of drug-likeness (QED) is 0.776. The van der Waals surface area contributed by atoms with Gasteiger partial charge in [-0.3, -0.25) is 4.98 Å². The van der Waals surface area contributed by atoms with Gasteiger partial charge >= 0.3 is 0 Å². The van der Waals surface area contributed by atoms with Gasteiger partial charge in [-0.25, -0.2) is 8.78 Å². The predicted octanol–water partition coefficient (Wildman–Crippen LogP) is 1.43. The summed E-state index contributed by atoms with van der Waals surface area (Å²) in [4.78, 5) is 3.86. The predicted molar refractivity (Wildman–Crippen MR) is 49.5 cm³/mol. The molecule has 0 bridgehead atoms. The maximum absolute atomic E-state index is 11.9. The van der Waals surface area contributed by atoms with E-state index in [4.69, 9.17) is 5.11 Å². The minimum Gasteiger partial charge on any atom is -0.385 e. The van der Waals surface area contributed by atoms with Crippen molar-refractivity contribution in [1.82, 2.24) is 4.98 Å². The summed E-state index contributed by atoms with van der Waals surface area (Å²) in [6.45, 7) is 1.65. The van der Waals surface area contributed by atoms with Crippen LogP contribution in [0, 0.1) is 6.92 Å². The second-order valence-electron chi connectivity index (χ2n) is 2.97. The molecule has 0 aliphatic carbocycles. The lowest BCUT2D eigenvalue weighted by Gasteiger charge is -2.12. The molecule has 0 saturated heterocycles. The Morgan fingerprint density at radius 3 is 2.86 bits per heavy atom. The van der Waals surface area contributed by atoms with Crippen LogP contribution >= 0.6 is 0 Å². The molecule has 0 saturated carbocycles. The van der Waals surface area contributed by atoms with E-state index >= 15 is 0 Å². The minimum absolute atomic E-state index is 0.164. The summed E-state index contributed by atoms with van der Waals surface area (Å²) in [5.41, 5.74) is 1.56. The van der Waals surface area contributed by atoms with Gasteiger partial charge in [0.15, 0.2) is 0 Å². The van der Waals surface area contributed by atoms with Gasteiger partial charge in [0.25, 0.3) is 6.43 Å². The summed E-state index contributed by atoms with van der Waals surface area (Å²) >= 11 is 0. The maximum atomic E-state index is 11.9. The number of nitrogens with zero attached hydrogens (tertiary/aromatic N) is 1. The molecular weight excluding hydrogens is 190 g/mol. The van der Waals surface area contributed by atoms with Gasteiger partial charge in [0.1, 0.15) is 6.10 Å². The van der Waals surface area contributed by atoms with Crippen LogP contribution in [0.25, 0.3) is 0 Å². The first-order valence-electron chi connectivity index (χ1n) is 4.22. The molecule has 3 nitrogen and oxygen atoms in total. The molecule has 2 N–H and O–H groups in total. The first kappa shape index (κ1) is 10.8. The third-order valence-electron chi connectivity index (χ3n) is 1.81. The van der Waals surface area contributed by atoms with Crippen LogP contribution in [0.15, 0.2) is 18.5 Å². The van der Waals surface area contributed by atoms with E-state index in [1.165, 1.54) is 0 Å². The molecule has 0 spiro atoms. The summed E-state index contributed by atoms with van der Waals surface area (Å²) in [6, 6.07) is 1.67. The Kier molecular flexibility index (Phi) is 3.76. The van der Waals surface area contributed by atoms with Crippen molar-refractivity contribution in [3.05, 3.63) is 24.0 Å². The molecule has 0 radical (unpaired) electrons. The zero-order valence-corrected chi connectivity index (χ0v) is 7.74. The summed E-state index contributed by atoms with van der Waals surface area (Å²) in [6.07, 6.45) is -1.17. The molecule has 0 aromatic carbocycles. The van der Waals surface area contributed by atoms with Crippen LogP contribution in [0.3, 0.4) is 0 Å². The maximum Gasteiger partial charge on any atom is 0.265 e. The number of hydrogen-bond acceptors (Lipinski definition) is 3. The zero-order valence-electron chi connectivity index (χ0n) is 7.74. The Morgan fingerprint density at radius 2 is 2.29 bits per heavy atom. The molecule has 0 aliphatic rings. The van der Waals surface area contributed by atoms with Crippen molar-refractivity contribution in [3.63, 3.8) is 0 Å². The van der Waals surface area contributed by atoms with Gasteiger partial charge in [-0.05, 0) is 18.6 Å². The fraction of sp³-hybridized carbons (Fsp3) is 0.444. The number of aliphatic hydroxyl groups is 1. The SMILES string of the molecule is Cc1cnccc1NCC(O)C(F)F. The van der Waals surface area contributed by atoms with Crippen molar-refractivity contribution < 1.29 is 13.9 Å². The average Bonchev–Trinajstić information content (AvgIpc) is 2.16. The molecular formula is C9H12F2N2O. The molecule has 0 fully saturated rings. The first-order valence-corrected chi connectivity index (χ1v) is 4.22.